The summed E-state index contributed by atoms with van der Waals surface area (Å²) >= 11 is 12.2. The van der Waals surface area contributed by atoms with Gasteiger partial charge in [0.2, 0.25) is 0 Å². The van der Waals surface area contributed by atoms with Crippen molar-refractivity contribution in [2.45, 2.75) is 56.6 Å². The van der Waals surface area contributed by atoms with E-state index in [1.54, 1.807) is 5.37 Å². The second kappa shape index (κ2) is 8.66. The summed E-state index contributed by atoms with van der Waals surface area (Å²) in [6.45, 7) is 0. The van der Waals surface area contributed by atoms with E-state index in [4.69, 9.17) is 24.4 Å². The molecule has 0 N–H and O–H groups in total. The molecule has 0 aromatic rings. The third kappa shape index (κ3) is 6.64. The third-order valence-electron chi connectivity index (χ3n) is 2.83. The lowest BCUT2D eigenvalue weighted by molar-refractivity contribution is 0.516. The number of hydrogen-bond acceptors (Lipinski definition) is 3. The highest BCUT2D eigenvalue weighted by molar-refractivity contribution is 7.99. The van der Waals surface area contributed by atoms with Gasteiger partial charge in [0.15, 0.2) is 0 Å². The standard InChI is InChI=1S/C12H20S3/c13-9-4-5-11(14)8-10-15-12-6-2-1-3-7-12/h9,12H,1-8,10H2. The van der Waals surface area contributed by atoms with Crippen molar-refractivity contribution in [3.8, 4) is 0 Å². The normalized spacial score (nSPS) is 17.6. The molecule has 0 amide bonds. The first-order chi connectivity index (χ1) is 7.33. The summed E-state index contributed by atoms with van der Waals surface area (Å²) in [5.74, 6) is 1.22. The first kappa shape index (κ1) is 13.6. The lowest BCUT2D eigenvalue weighted by Crippen LogP contribution is -2.09. The monoisotopic (exact) mass is 260 g/mol. The van der Waals surface area contributed by atoms with Crippen molar-refractivity contribution in [3.05, 3.63) is 0 Å². The predicted molar refractivity (Wildman–Crippen MR) is 79.4 cm³/mol. The summed E-state index contributed by atoms with van der Waals surface area (Å²) in [5, 5.41) is 2.72. The van der Waals surface area contributed by atoms with Crippen LogP contribution in [0.2, 0.25) is 0 Å². The van der Waals surface area contributed by atoms with Gasteiger partial charge in [-0.2, -0.15) is 11.8 Å². The summed E-state index contributed by atoms with van der Waals surface area (Å²) in [6, 6.07) is 0. The average Bonchev–Trinajstić information content (AvgIpc) is 2.28. The molecule has 0 atom stereocenters. The van der Waals surface area contributed by atoms with Crippen LogP contribution in [0, 0.1) is 0 Å². The van der Waals surface area contributed by atoms with Gasteiger partial charge in [0.1, 0.15) is 0 Å². The first-order valence-corrected chi connectivity index (χ1v) is 7.82. The maximum Gasteiger partial charge on any atom is 0.00471 e. The van der Waals surface area contributed by atoms with Crippen LogP contribution in [0.5, 0.6) is 0 Å². The molecule has 0 spiro atoms. The summed E-state index contributed by atoms with van der Waals surface area (Å²) in [4.78, 5) is 1.21. The van der Waals surface area contributed by atoms with Gasteiger partial charge in [-0.25, -0.2) is 0 Å². The van der Waals surface area contributed by atoms with Crippen molar-refractivity contribution in [1.82, 2.24) is 0 Å². The number of hydrogen-bond donors (Lipinski definition) is 0. The molecule has 0 heterocycles. The minimum absolute atomic E-state index is 0.923. The number of thiocarbonyl (C=S) groups is 2. The van der Waals surface area contributed by atoms with Crippen LogP contribution in [0.15, 0.2) is 0 Å². The second-order valence-corrected chi connectivity index (χ2v) is 6.44. The zero-order chi connectivity index (χ0) is 10.9. The Hall–Kier alpha value is 0.530. The van der Waals surface area contributed by atoms with Gasteiger partial charge in [-0.3, -0.25) is 0 Å². The topological polar surface area (TPSA) is 0 Å². The quantitative estimate of drug-likeness (QED) is 0.614. The predicted octanol–water partition coefficient (Wildman–Crippen LogP) is 4.59. The van der Waals surface area contributed by atoms with Crippen LogP contribution in [0.1, 0.15) is 51.4 Å². The summed E-state index contributed by atoms with van der Waals surface area (Å²) in [6.07, 6.45) is 10.3. The minimum atomic E-state index is 0.923. The fraction of sp³-hybridized carbons (Fsp3) is 0.833. The highest BCUT2D eigenvalue weighted by atomic mass is 32.2. The number of rotatable bonds is 7. The Bertz CT molecular complexity index is 195. The average molecular weight is 260 g/mol. The molecule has 1 aliphatic carbocycles. The zero-order valence-corrected chi connectivity index (χ0v) is 11.7. The molecule has 1 fully saturated rings. The Morgan fingerprint density at radius 2 is 1.93 bits per heavy atom. The van der Waals surface area contributed by atoms with Crippen LogP contribution in [-0.4, -0.2) is 21.2 Å². The maximum absolute atomic E-state index is 5.31. The maximum atomic E-state index is 5.31. The smallest absolute Gasteiger partial charge is 0.00471 e. The van der Waals surface area contributed by atoms with E-state index in [0.29, 0.717) is 0 Å². The highest BCUT2D eigenvalue weighted by Gasteiger charge is 2.13. The second-order valence-electron chi connectivity index (χ2n) is 4.12. The fourth-order valence-corrected chi connectivity index (χ4v) is 3.75. The molecule has 0 nitrogen and oxygen atoms in total. The molecule has 0 bridgehead atoms. The van der Waals surface area contributed by atoms with Crippen LogP contribution >= 0.6 is 36.2 Å². The Kier molecular flexibility index (Phi) is 7.84. The Balaban J connectivity index is 1.99. The van der Waals surface area contributed by atoms with E-state index in [1.807, 2.05) is 0 Å². The van der Waals surface area contributed by atoms with E-state index in [2.05, 4.69) is 11.8 Å². The SMILES string of the molecule is S=CCCC(=S)CCSC1CCCCC1. The molecule has 0 saturated heterocycles. The van der Waals surface area contributed by atoms with Crippen molar-refractivity contribution in [2.24, 2.45) is 0 Å². The molecular formula is C12H20S3. The molecule has 15 heavy (non-hydrogen) atoms. The lowest BCUT2D eigenvalue weighted by atomic mass is 10.0. The molecule has 0 aromatic heterocycles. The van der Waals surface area contributed by atoms with E-state index in [-0.39, 0.29) is 0 Å². The van der Waals surface area contributed by atoms with Gasteiger partial charge in [0, 0.05) is 5.25 Å². The lowest BCUT2D eigenvalue weighted by Gasteiger charge is -2.20. The van der Waals surface area contributed by atoms with Crippen molar-refractivity contribution >= 4 is 46.4 Å². The molecule has 0 radical (unpaired) electrons. The van der Waals surface area contributed by atoms with E-state index in [1.165, 1.54) is 42.7 Å². The minimum Gasteiger partial charge on any atom is -0.158 e. The van der Waals surface area contributed by atoms with Gasteiger partial charge >= 0.3 is 0 Å². The van der Waals surface area contributed by atoms with Crippen molar-refractivity contribution < 1.29 is 0 Å². The van der Waals surface area contributed by atoms with E-state index in [0.717, 1.165) is 24.5 Å². The molecular weight excluding hydrogens is 240 g/mol. The summed E-state index contributed by atoms with van der Waals surface area (Å²) in [5.41, 5.74) is 0. The molecule has 0 unspecified atom stereocenters. The van der Waals surface area contributed by atoms with Crippen LogP contribution in [0.3, 0.4) is 0 Å². The highest BCUT2D eigenvalue weighted by Crippen LogP contribution is 2.28. The summed E-state index contributed by atoms with van der Waals surface area (Å²) in [7, 11) is 0. The first-order valence-electron chi connectivity index (χ1n) is 5.90. The van der Waals surface area contributed by atoms with Gasteiger partial charge in [-0.1, -0.05) is 43.7 Å². The fourth-order valence-electron chi connectivity index (χ4n) is 1.92. The van der Waals surface area contributed by atoms with Crippen LogP contribution in [-0.2, 0) is 0 Å². The largest absolute Gasteiger partial charge is 0.158 e. The summed E-state index contributed by atoms with van der Waals surface area (Å²) < 4.78 is 0. The van der Waals surface area contributed by atoms with Crippen molar-refractivity contribution in [3.63, 3.8) is 0 Å². The van der Waals surface area contributed by atoms with E-state index >= 15 is 0 Å². The van der Waals surface area contributed by atoms with Gasteiger partial charge in [-0.05, 0) is 48.1 Å². The number of thioether (sulfide) groups is 1. The Morgan fingerprint density at radius 3 is 2.60 bits per heavy atom. The van der Waals surface area contributed by atoms with E-state index < -0.39 is 0 Å². The zero-order valence-electron chi connectivity index (χ0n) is 9.24. The molecule has 3 heteroatoms. The van der Waals surface area contributed by atoms with Crippen LogP contribution < -0.4 is 0 Å². The molecule has 86 valence electrons. The Labute approximate surface area is 109 Å². The Morgan fingerprint density at radius 1 is 1.20 bits per heavy atom. The molecule has 1 saturated carbocycles. The molecule has 0 aliphatic heterocycles. The van der Waals surface area contributed by atoms with Crippen molar-refractivity contribution in [2.75, 3.05) is 5.75 Å². The molecule has 1 rings (SSSR count). The van der Waals surface area contributed by atoms with Crippen LogP contribution in [0.25, 0.3) is 0 Å². The van der Waals surface area contributed by atoms with Gasteiger partial charge in [0.25, 0.3) is 0 Å². The van der Waals surface area contributed by atoms with Crippen molar-refractivity contribution in [1.29, 1.82) is 0 Å². The van der Waals surface area contributed by atoms with Gasteiger partial charge < -0.3 is 0 Å². The van der Waals surface area contributed by atoms with E-state index in [9.17, 15) is 0 Å². The van der Waals surface area contributed by atoms with Gasteiger partial charge in [0.05, 0.1) is 0 Å². The molecule has 1 aliphatic rings. The van der Waals surface area contributed by atoms with Gasteiger partial charge in [-0.15, -0.1) is 0 Å². The van der Waals surface area contributed by atoms with Crippen LogP contribution in [0.4, 0.5) is 0 Å². The third-order valence-corrected chi connectivity index (χ3v) is 4.85. The molecule has 0 aromatic carbocycles.